The molecule has 6 nitrogen and oxygen atoms in total. The predicted molar refractivity (Wildman–Crippen MR) is 115 cm³/mol. The Morgan fingerprint density at radius 1 is 1.10 bits per heavy atom. The van der Waals surface area contributed by atoms with Crippen molar-refractivity contribution in [3.05, 3.63) is 64.8 Å². The molecule has 0 N–H and O–H groups in total. The summed E-state index contributed by atoms with van der Waals surface area (Å²) in [5.74, 6) is -0.156. The second kappa shape index (κ2) is 8.23. The fourth-order valence-corrected chi connectivity index (χ4v) is 5.98. The topological polar surface area (TPSA) is 70.6 Å². The summed E-state index contributed by atoms with van der Waals surface area (Å²) in [6.45, 7) is 1.17. The smallest absolute Gasteiger partial charge is 0.246 e. The molecule has 0 bridgehead atoms. The fraction of sp³-hybridized carbons (Fsp3) is 0.200. The second-order valence-corrected chi connectivity index (χ2v) is 9.93. The summed E-state index contributed by atoms with van der Waals surface area (Å²) in [7, 11) is -3.59. The monoisotopic (exact) mass is 447 g/mol. The normalized spacial score (nSPS) is 16.0. The van der Waals surface area contributed by atoms with Crippen molar-refractivity contribution in [3.8, 4) is 0 Å². The Labute approximate surface area is 178 Å². The number of halogens is 1. The number of thiophene rings is 1. The number of nitrogens with zero attached hydrogens (tertiary/aromatic N) is 3. The number of aromatic nitrogens is 1. The van der Waals surface area contributed by atoms with Crippen LogP contribution in [0.25, 0.3) is 16.2 Å². The first-order chi connectivity index (χ1) is 14.0. The maximum absolute atomic E-state index is 12.7. The van der Waals surface area contributed by atoms with E-state index in [2.05, 4.69) is 4.98 Å². The zero-order valence-electron chi connectivity index (χ0n) is 15.4. The van der Waals surface area contributed by atoms with Gasteiger partial charge in [-0.25, -0.2) is 8.42 Å². The zero-order valence-corrected chi connectivity index (χ0v) is 17.8. The Morgan fingerprint density at radius 3 is 2.55 bits per heavy atom. The van der Waals surface area contributed by atoms with Crippen LogP contribution in [0.3, 0.4) is 0 Å². The van der Waals surface area contributed by atoms with Gasteiger partial charge >= 0.3 is 0 Å². The van der Waals surface area contributed by atoms with E-state index in [-0.39, 0.29) is 23.9 Å². The Balaban J connectivity index is 1.41. The number of benzene rings is 1. The van der Waals surface area contributed by atoms with Crippen LogP contribution in [-0.2, 0) is 14.8 Å². The summed E-state index contributed by atoms with van der Waals surface area (Å²) in [4.78, 5) is 19.1. The van der Waals surface area contributed by atoms with Gasteiger partial charge in [0.05, 0.1) is 5.02 Å². The van der Waals surface area contributed by atoms with Crippen molar-refractivity contribution in [1.82, 2.24) is 14.2 Å². The molecule has 0 atom stereocenters. The SMILES string of the molecule is O=C(/C=C/c1sc2ccccc2c1Cl)N1CCN(S(=O)(=O)c2cccnc2)CC1. The van der Waals surface area contributed by atoms with Crippen LogP contribution in [0.4, 0.5) is 0 Å². The number of hydrogen-bond donors (Lipinski definition) is 0. The van der Waals surface area contributed by atoms with Crippen LogP contribution in [0, 0.1) is 0 Å². The minimum Gasteiger partial charge on any atom is -0.337 e. The molecule has 0 radical (unpaired) electrons. The van der Waals surface area contributed by atoms with Crippen LogP contribution in [-0.4, -0.2) is 54.7 Å². The number of hydrogen-bond acceptors (Lipinski definition) is 5. The number of pyridine rings is 1. The van der Waals surface area contributed by atoms with Crippen LogP contribution in [0.1, 0.15) is 4.88 Å². The molecule has 0 aliphatic carbocycles. The third-order valence-electron chi connectivity index (χ3n) is 4.76. The van der Waals surface area contributed by atoms with E-state index in [1.54, 1.807) is 17.0 Å². The average Bonchev–Trinajstić information content (AvgIpc) is 3.08. The highest BCUT2D eigenvalue weighted by Crippen LogP contribution is 2.35. The highest BCUT2D eigenvalue weighted by Gasteiger charge is 2.29. The first kappa shape index (κ1) is 20.0. The number of amides is 1. The Kier molecular flexibility index (Phi) is 5.69. The van der Waals surface area contributed by atoms with Crippen molar-refractivity contribution in [2.75, 3.05) is 26.2 Å². The Morgan fingerprint density at radius 2 is 1.86 bits per heavy atom. The van der Waals surface area contributed by atoms with Crippen molar-refractivity contribution >= 4 is 55.0 Å². The molecular weight excluding hydrogens is 430 g/mol. The van der Waals surface area contributed by atoms with Gasteiger partial charge in [-0.2, -0.15) is 4.31 Å². The van der Waals surface area contributed by atoms with Crippen LogP contribution in [0.2, 0.25) is 5.02 Å². The lowest BCUT2D eigenvalue weighted by molar-refractivity contribution is -0.127. The van der Waals surface area contributed by atoms with Gasteiger partial charge in [-0.3, -0.25) is 9.78 Å². The zero-order chi connectivity index (χ0) is 20.4. The lowest BCUT2D eigenvalue weighted by Gasteiger charge is -2.33. The molecule has 1 saturated heterocycles. The maximum Gasteiger partial charge on any atom is 0.246 e. The van der Waals surface area contributed by atoms with Gasteiger partial charge in [0.25, 0.3) is 0 Å². The van der Waals surface area contributed by atoms with Crippen LogP contribution >= 0.6 is 22.9 Å². The molecule has 2 aromatic heterocycles. The molecule has 3 aromatic rings. The maximum atomic E-state index is 12.7. The molecule has 4 rings (SSSR count). The predicted octanol–water partition coefficient (Wildman–Crippen LogP) is 3.50. The van der Waals surface area contributed by atoms with Gasteiger partial charge < -0.3 is 4.90 Å². The van der Waals surface area contributed by atoms with Crippen molar-refractivity contribution in [2.24, 2.45) is 0 Å². The van der Waals surface area contributed by atoms with Crippen molar-refractivity contribution in [3.63, 3.8) is 0 Å². The summed E-state index contributed by atoms with van der Waals surface area (Å²) >= 11 is 7.94. The van der Waals surface area contributed by atoms with Crippen LogP contribution in [0.5, 0.6) is 0 Å². The van der Waals surface area contributed by atoms with E-state index in [9.17, 15) is 13.2 Å². The number of piperazine rings is 1. The number of fused-ring (bicyclic) bond motifs is 1. The van der Waals surface area contributed by atoms with E-state index in [4.69, 9.17) is 11.6 Å². The lowest BCUT2D eigenvalue weighted by atomic mass is 10.2. The highest BCUT2D eigenvalue weighted by atomic mass is 35.5. The van der Waals surface area contributed by atoms with Gasteiger partial charge in [-0.1, -0.05) is 29.8 Å². The average molecular weight is 448 g/mol. The van der Waals surface area contributed by atoms with Gasteiger partial charge in [0.15, 0.2) is 0 Å². The van der Waals surface area contributed by atoms with Gasteiger partial charge in [0.1, 0.15) is 4.90 Å². The first-order valence-electron chi connectivity index (χ1n) is 9.01. The van der Waals surface area contributed by atoms with Crippen LogP contribution in [0.15, 0.2) is 59.8 Å². The molecule has 1 aliphatic heterocycles. The first-order valence-corrected chi connectivity index (χ1v) is 11.6. The van der Waals surface area contributed by atoms with E-state index < -0.39 is 10.0 Å². The van der Waals surface area contributed by atoms with E-state index >= 15 is 0 Å². The fourth-order valence-electron chi connectivity index (χ4n) is 3.19. The molecule has 0 unspecified atom stereocenters. The molecule has 1 amide bonds. The van der Waals surface area contributed by atoms with Gasteiger partial charge in [-0.15, -0.1) is 11.3 Å². The molecule has 3 heterocycles. The van der Waals surface area contributed by atoms with E-state index in [1.807, 2.05) is 24.3 Å². The summed E-state index contributed by atoms with van der Waals surface area (Å²) in [5, 5.41) is 1.61. The Hall–Kier alpha value is -2.26. The van der Waals surface area contributed by atoms with E-state index in [0.717, 1.165) is 15.0 Å². The number of rotatable bonds is 4. The third-order valence-corrected chi connectivity index (χ3v) is 8.30. The van der Waals surface area contributed by atoms with Crippen molar-refractivity contribution in [1.29, 1.82) is 0 Å². The number of sulfonamides is 1. The standard InChI is InChI=1S/C20H18ClN3O3S2/c21-20-16-5-1-2-6-17(16)28-18(20)7-8-19(25)23-10-12-24(13-11-23)29(26,27)15-4-3-9-22-14-15/h1-9,14H,10-13H2/b8-7+. The molecule has 29 heavy (non-hydrogen) atoms. The summed E-state index contributed by atoms with van der Waals surface area (Å²) in [6, 6.07) is 10.9. The minimum atomic E-state index is -3.59. The quantitative estimate of drug-likeness (QED) is 0.574. The van der Waals surface area contributed by atoms with Gasteiger partial charge in [-0.05, 0) is 24.3 Å². The molecule has 1 aromatic carbocycles. The van der Waals surface area contributed by atoms with Gasteiger partial charge in [0.2, 0.25) is 15.9 Å². The highest BCUT2D eigenvalue weighted by molar-refractivity contribution is 7.89. The molecule has 9 heteroatoms. The molecule has 1 fully saturated rings. The molecular formula is C20H18ClN3O3S2. The van der Waals surface area contributed by atoms with E-state index in [1.165, 1.54) is 40.2 Å². The van der Waals surface area contributed by atoms with Crippen molar-refractivity contribution < 1.29 is 13.2 Å². The largest absolute Gasteiger partial charge is 0.337 e. The molecule has 1 aliphatic rings. The molecule has 0 saturated carbocycles. The van der Waals surface area contributed by atoms with Crippen LogP contribution < -0.4 is 0 Å². The second-order valence-electron chi connectivity index (χ2n) is 6.53. The molecule has 0 spiro atoms. The summed E-state index contributed by atoms with van der Waals surface area (Å²) < 4.78 is 27.8. The summed E-state index contributed by atoms with van der Waals surface area (Å²) in [6.07, 6.45) is 6.10. The minimum absolute atomic E-state index is 0.156. The van der Waals surface area contributed by atoms with Crippen molar-refractivity contribution in [2.45, 2.75) is 4.90 Å². The number of carbonyl (C=O) groups excluding carboxylic acids is 1. The third kappa shape index (κ3) is 4.06. The van der Waals surface area contributed by atoms with Gasteiger partial charge in [0, 0.05) is 59.6 Å². The Bertz CT molecular complexity index is 1170. The number of carbonyl (C=O) groups is 1. The summed E-state index contributed by atoms with van der Waals surface area (Å²) in [5.41, 5.74) is 0. The molecule has 150 valence electrons. The van der Waals surface area contributed by atoms with E-state index in [0.29, 0.717) is 18.1 Å². The lowest BCUT2D eigenvalue weighted by Crippen LogP contribution is -2.50.